The number of carbonyl (C=O) groups excluding carboxylic acids is 1. The fourth-order valence-electron chi connectivity index (χ4n) is 2.32. The van der Waals surface area contributed by atoms with E-state index in [2.05, 4.69) is 5.92 Å². The van der Waals surface area contributed by atoms with Gasteiger partial charge >= 0.3 is 5.97 Å². The Morgan fingerprint density at radius 2 is 2.16 bits per heavy atom. The van der Waals surface area contributed by atoms with E-state index in [1.54, 1.807) is 6.92 Å². The minimum Gasteiger partial charge on any atom is -0.480 e. The SMILES string of the molecule is C#CC1CC(=O)N([C@@H](C(=O)O)[C@H](C)OC(C)(C)C)C1. The van der Waals surface area contributed by atoms with Crippen LogP contribution in [-0.4, -0.2) is 46.2 Å². The zero-order valence-electron chi connectivity index (χ0n) is 11.8. The number of rotatable bonds is 4. The summed E-state index contributed by atoms with van der Waals surface area (Å²) in [4.78, 5) is 24.6. The lowest BCUT2D eigenvalue weighted by molar-refractivity contribution is -0.160. The predicted molar refractivity (Wildman–Crippen MR) is 70.4 cm³/mol. The molecule has 1 rings (SSSR count). The quantitative estimate of drug-likeness (QED) is 0.775. The Labute approximate surface area is 113 Å². The molecule has 0 aliphatic carbocycles. The Morgan fingerprint density at radius 3 is 2.53 bits per heavy atom. The third-order valence-corrected chi connectivity index (χ3v) is 2.97. The lowest BCUT2D eigenvalue weighted by atomic mass is 10.1. The van der Waals surface area contributed by atoms with Gasteiger partial charge in [0.15, 0.2) is 6.04 Å². The van der Waals surface area contributed by atoms with Gasteiger partial charge < -0.3 is 14.7 Å². The number of nitrogens with zero attached hydrogens (tertiary/aromatic N) is 1. The molecule has 106 valence electrons. The van der Waals surface area contributed by atoms with Crippen LogP contribution in [0, 0.1) is 18.3 Å². The number of ether oxygens (including phenoxy) is 1. The molecule has 1 saturated heterocycles. The van der Waals surface area contributed by atoms with Gasteiger partial charge in [-0.2, -0.15) is 0 Å². The summed E-state index contributed by atoms with van der Waals surface area (Å²) in [6.45, 7) is 7.49. The van der Waals surface area contributed by atoms with Crippen LogP contribution in [0.5, 0.6) is 0 Å². The van der Waals surface area contributed by atoms with E-state index in [-0.39, 0.29) is 24.8 Å². The van der Waals surface area contributed by atoms with Crippen LogP contribution in [0.2, 0.25) is 0 Å². The summed E-state index contributed by atoms with van der Waals surface area (Å²) in [7, 11) is 0. The molecular weight excluding hydrogens is 246 g/mol. The van der Waals surface area contributed by atoms with Crippen molar-refractivity contribution in [3.8, 4) is 12.3 Å². The molecule has 0 aromatic heterocycles. The van der Waals surface area contributed by atoms with Gasteiger partial charge in [-0.05, 0) is 27.7 Å². The van der Waals surface area contributed by atoms with Crippen molar-refractivity contribution < 1.29 is 19.4 Å². The second-order valence-corrected chi connectivity index (χ2v) is 5.83. The molecule has 0 bridgehead atoms. The predicted octanol–water partition coefficient (Wildman–Crippen LogP) is 1.12. The van der Waals surface area contributed by atoms with Gasteiger partial charge in [0.25, 0.3) is 0 Å². The van der Waals surface area contributed by atoms with Crippen LogP contribution in [0.25, 0.3) is 0 Å². The fraction of sp³-hybridized carbons (Fsp3) is 0.714. The maximum atomic E-state index is 11.9. The van der Waals surface area contributed by atoms with Gasteiger partial charge in [-0.1, -0.05) is 0 Å². The van der Waals surface area contributed by atoms with Crippen molar-refractivity contribution in [3.63, 3.8) is 0 Å². The number of carbonyl (C=O) groups is 2. The smallest absolute Gasteiger partial charge is 0.329 e. The first-order valence-electron chi connectivity index (χ1n) is 6.32. The number of terminal acetylenes is 1. The highest BCUT2D eigenvalue weighted by molar-refractivity contribution is 5.86. The highest BCUT2D eigenvalue weighted by Gasteiger charge is 2.41. The Bertz CT molecular complexity index is 405. The van der Waals surface area contributed by atoms with Crippen LogP contribution in [0.3, 0.4) is 0 Å². The molecule has 19 heavy (non-hydrogen) atoms. The summed E-state index contributed by atoms with van der Waals surface area (Å²) >= 11 is 0. The van der Waals surface area contributed by atoms with E-state index >= 15 is 0 Å². The Morgan fingerprint density at radius 1 is 1.58 bits per heavy atom. The van der Waals surface area contributed by atoms with Gasteiger partial charge in [0, 0.05) is 18.9 Å². The number of likely N-dealkylation sites (tertiary alicyclic amines) is 1. The molecule has 5 nitrogen and oxygen atoms in total. The molecule has 1 fully saturated rings. The first-order valence-corrected chi connectivity index (χ1v) is 6.32. The maximum absolute atomic E-state index is 11.9. The van der Waals surface area contributed by atoms with Crippen LogP contribution in [0.15, 0.2) is 0 Å². The molecule has 0 aromatic rings. The second kappa shape index (κ2) is 5.62. The second-order valence-electron chi connectivity index (χ2n) is 5.83. The zero-order chi connectivity index (χ0) is 14.8. The summed E-state index contributed by atoms with van der Waals surface area (Å²) in [6, 6.07) is -0.995. The Kier molecular flexibility index (Phi) is 4.59. The third-order valence-electron chi connectivity index (χ3n) is 2.97. The van der Waals surface area contributed by atoms with E-state index < -0.39 is 23.7 Å². The molecule has 1 heterocycles. The van der Waals surface area contributed by atoms with Gasteiger partial charge in [-0.15, -0.1) is 12.3 Å². The molecule has 5 heteroatoms. The van der Waals surface area contributed by atoms with Crippen LogP contribution in [-0.2, 0) is 14.3 Å². The number of hydrogen-bond acceptors (Lipinski definition) is 3. The van der Waals surface area contributed by atoms with Gasteiger partial charge in [-0.25, -0.2) is 4.79 Å². The molecule has 0 radical (unpaired) electrons. The van der Waals surface area contributed by atoms with E-state index in [1.165, 1.54) is 4.90 Å². The Hall–Kier alpha value is -1.54. The van der Waals surface area contributed by atoms with Gasteiger partial charge in [0.05, 0.1) is 11.7 Å². The van der Waals surface area contributed by atoms with Crippen molar-refractivity contribution in [2.45, 2.75) is 51.9 Å². The Balaban J connectivity index is 2.87. The monoisotopic (exact) mass is 267 g/mol. The number of carboxylic acid groups (broad SMARTS) is 1. The van der Waals surface area contributed by atoms with Gasteiger partial charge in [0.1, 0.15) is 0 Å². The fourth-order valence-corrected chi connectivity index (χ4v) is 2.32. The van der Waals surface area contributed by atoms with Gasteiger partial charge in [-0.3, -0.25) is 4.79 Å². The lowest BCUT2D eigenvalue weighted by Gasteiger charge is -2.33. The molecule has 3 atom stereocenters. The van der Waals surface area contributed by atoms with Crippen molar-refractivity contribution in [1.82, 2.24) is 4.90 Å². The molecule has 1 aliphatic heterocycles. The van der Waals surface area contributed by atoms with Crippen LogP contribution in [0.4, 0.5) is 0 Å². The highest BCUT2D eigenvalue weighted by atomic mass is 16.5. The first-order chi connectivity index (χ1) is 8.65. The molecular formula is C14H21NO4. The van der Waals surface area contributed by atoms with E-state index in [0.717, 1.165) is 0 Å². The summed E-state index contributed by atoms with van der Waals surface area (Å²) < 4.78 is 5.66. The van der Waals surface area contributed by atoms with Crippen LogP contribution < -0.4 is 0 Å². The zero-order valence-corrected chi connectivity index (χ0v) is 11.8. The molecule has 1 aliphatic rings. The van der Waals surface area contributed by atoms with Crippen LogP contribution in [0.1, 0.15) is 34.1 Å². The maximum Gasteiger partial charge on any atom is 0.329 e. The molecule has 0 saturated carbocycles. The highest BCUT2D eigenvalue weighted by Crippen LogP contribution is 2.24. The largest absolute Gasteiger partial charge is 0.480 e. The average Bonchev–Trinajstić information content (AvgIpc) is 2.57. The van der Waals surface area contributed by atoms with E-state index in [9.17, 15) is 14.7 Å². The third kappa shape index (κ3) is 3.97. The number of aliphatic carboxylic acids is 1. The topological polar surface area (TPSA) is 66.8 Å². The first kappa shape index (κ1) is 15.5. The number of hydrogen-bond donors (Lipinski definition) is 1. The molecule has 0 aromatic carbocycles. The standard InChI is InChI=1S/C14H21NO4/c1-6-10-7-11(16)15(8-10)12(13(17)18)9(2)19-14(3,4)5/h1,9-10,12H,7-8H2,2-5H3,(H,17,18)/t9-,10?,12+/m0/s1. The van der Waals surface area contributed by atoms with Crippen molar-refractivity contribution in [1.29, 1.82) is 0 Å². The number of carboxylic acids is 1. The summed E-state index contributed by atoms with van der Waals surface area (Å²) in [5.41, 5.74) is -0.471. The average molecular weight is 267 g/mol. The summed E-state index contributed by atoms with van der Waals surface area (Å²) in [6.07, 6.45) is 4.92. The van der Waals surface area contributed by atoms with Crippen molar-refractivity contribution >= 4 is 11.9 Å². The van der Waals surface area contributed by atoms with Crippen molar-refractivity contribution in [2.75, 3.05) is 6.54 Å². The van der Waals surface area contributed by atoms with Crippen molar-refractivity contribution in [2.24, 2.45) is 5.92 Å². The van der Waals surface area contributed by atoms with Crippen LogP contribution >= 0.6 is 0 Å². The minimum atomic E-state index is -1.07. The van der Waals surface area contributed by atoms with E-state index in [0.29, 0.717) is 0 Å². The molecule has 1 unspecified atom stereocenters. The summed E-state index contributed by atoms with van der Waals surface area (Å²) in [5.74, 6) is 1.01. The lowest BCUT2D eigenvalue weighted by Crippen LogP contribution is -2.51. The summed E-state index contributed by atoms with van der Waals surface area (Å²) in [5, 5.41) is 9.35. The molecule has 0 spiro atoms. The molecule has 1 amide bonds. The normalized spacial score (nSPS) is 23.0. The van der Waals surface area contributed by atoms with Crippen molar-refractivity contribution in [3.05, 3.63) is 0 Å². The van der Waals surface area contributed by atoms with Gasteiger partial charge in [0.2, 0.25) is 5.91 Å². The minimum absolute atomic E-state index is 0.211. The number of amides is 1. The van der Waals surface area contributed by atoms with E-state index in [4.69, 9.17) is 11.2 Å². The van der Waals surface area contributed by atoms with E-state index in [1.807, 2.05) is 20.8 Å². The molecule has 1 N–H and O–H groups in total.